The second-order valence-corrected chi connectivity index (χ2v) is 6.87. The maximum atomic E-state index is 12.6. The van der Waals surface area contributed by atoms with Crippen LogP contribution in [0.4, 0.5) is 0 Å². The summed E-state index contributed by atoms with van der Waals surface area (Å²) in [6, 6.07) is 9.26. The summed E-state index contributed by atoms with van der Waals surface area (Å²) in [4.78, 5) is 13.5. The number of aryl methyl sites for hydroxylation is 2. The van der Waals surface area contributed by atoms with Crippen molar-refractivity contribution in [2.75, 3.05) is 0 Å². The molecule has 0 fully saturated rings. The number of allylic oxidation sites excluding steroid dienone is 1. The molecule has 4 rings (SSSR count). The van der Waals surface area contributed by atoms with E-state index in [1.807, 2.05) is 17.5 Å². The highest BCUT2D eigenvalue weighted by Crippen LogP contribution is 2.46. The van der Waals surface area contributed by atoms with Gasteiger partial charge in [-0.05, 0) is 31.4 Å². The van der Waals surface area contributed by atoms with Crippen molar-refractivity contribution in [2.45, 2.75) is 19.8 Å². The van der Waals surface area contributed by atoms with Crippen LogP contribution in [-0.2, 0) is 0 Å². The van der Waals surface area contributed by atoms with Crippen molar-refractivity contribution in [2.24, 2.45) is 5.73 Å². The Labute approximate surface area is 147 Å². The fourth-order valence-corrected chi connectivity index (χ4v) is 4.25. The van der Waals surface area contributed by atoms with E-state index in [9.17, 15) is 10.1 Å². The molecule has 5 nitrogen and oxygen atoms in total. The van der Waals surface area contributed by atoms with Gasteiger partial charge in [-0.15, -0.1) is 11.3 Å². The van der Waals surface area contributed by atoms with Gasteiger partial charge in [0.2, 0.25) is 5.88 Å². The summed E-state index contributed by atoms with van der Waals surface area (Å²) in [7, 11) is 0. The van der Waals surface area contributed by atoms with Crippen LogP contribution in [0.2, 0.25) is 0 Å². The van der Waals surface area contributed by atoms with Crippen LogP contribution in [0.1, 0.15) is 27.9 Å². The fourth-order valence-electron chi connectivity index (χ4n) is 3.39. The van der Waals surface area contributed by atoms with Gasteiger partial charge in [-0.2, -0.15) is 5.26 Å². The Morgan fingerprint density at radius 2 is 1.96 bits per heavy atom. The number of furan rings is 1. The molecule has 0 spiro atoms. The molecule has 1 aliphatic heterocycles. The van der Waals surface area contributed by atoms with Gasteiger partial charge in [0.15, 0.2) is 5.43 Å². The molecule has 25 heavy (non-hydrogen) atoms. The first-order valence-electron chi connectivity index (χ1n) is 7.70. The van der Waals surface area contributed by atoms with E-state index in [1.54, 1.807) is 19.9 Å². The van der Waals surface area contributed by atoms with E-state index in [0.717, 1.165) is 10.4 Å². The summed E-state index contributed by atoms with van der Waals surface area (Å²) in [5, 5.41) is 12.6. The van der Waals surface area contributed by atoms with Crippen molar-refractivity contribution in [1.29, 1.82) is 5.26 Å². The third-order valence-corrected chi connectivity index (χ3v) is 5.37. The van der Waals surface area contributed by atoms with Crippen LogP contribution < -0.4 is 15.9 Å². The van der Waals surface area contributed by atoms with Gasteiger partial charge in [0, 0.05) is 10.4 Å². The van der Waals surface area contributed by atoms with Gasteiger partial charge in [-0.1, -0.05) is 12.1 Å². The minimum absolute atomic E-state index is 0.0617. The van der Waals surface area contributed by atoms with E-state index in [2.05, 4.69) is 6.07 Å². The number of nitrogens with zero attached hydrogens (tertiary/aromatic N) is 1. The highest BCUT2D eigenvalue weighted by molar-refractivity contribution is 7.10. The smallest absolute Gasteiger partial charge is 0.205 e. The Balaban J connectivity index is 2.17. The SMILES string of the molecule is Cc1oc(C)c2c(=O)ccc3c(c12)OC(N)=C(C#N)[C@H]3c1cccs1. The summed E-state index contributed by atoms with van der Waals surface area (Å²) in [6.07, 6.45) is 0. The van der Waals surface area contributed by atoms with Crippen LogP contribution in [0, 0.1) is 25.2 Å². The number of nitriles is 1. The van der Waals surface area contributed by atoms with Crippen molar-refractivity contribution in [1.82, 2.24) is 0 Å². The van der Waals surface area contributed by atoms with E-state index in [0.29, 0.717) is 33.6 Å². The third-order valence-electron chi connectivity index (χ3n) is 4.44. The van der Waals surface area contributed by atoms with Gasteiger partial charge in [0.25, 0.3) is 0 Å². The first-order chi connectivity index (χ1) is 12.0. The van der Waals surface area contributed by atoms with E-state index in [4.69, 9.17) is 14.9 Å². The zero-order valence-electron chi connectivity index (χ0n) is 13.6. The number of fused-ring (bicyclic) bond motifs is 3. The topological polar surface area (TPSA) is 89.2 Å². The molecule has 1 aliphatic rings. The van der Waals surface area contributed by atoms with Gasteiger partial charge in [0.1, 0.15) is 28.9 Å². The molecule has 0 saturated carbocycles. The number of thiophene rings is 1. The summed E-state index contributed by atoms with van der Waals surface area (Å²) in [6.45, 7) is 3.54. The molecule has 0 unspecified atom stereocenters. The van der Waals surface area contributed by atoms with Crippen LogP contribution in [0.3, 0.4) is 0 Å². The first-order valence-corrected chi connectivity index (χ1v) is 8.58. The molecule has 0 saturated heterocycles. The third kappa shape index (κ3) is 2.17. The number of rotatable bonds is 1. The summed E-state index contributed by atoms with van der Waals surface area (Å²) < 4.78 is 11.5. The van der Waals surface area contributed by atoms with Crippen LogP contribution >= 0.6 is 11.3 Å². The Kier molecular flexibility index (Phi) is 3.41. The fraction of sp³-hybridized carbons (Fsp3) is 0.158. The predicted molar refractivity (Wildman–Crippen MR) is 95.6 cm³/mol. The van der Waals surface area contributed by atoms with Gasteiger partial charge in [-0.3, -0.25) is 4.79 Å². The second kappa shape index (κ2) is 5.50. The monoisotopic (exact) mass is 350 g/mol. The molecule has 2 N–H and O–H groups in total. The first kappa shape index (κ1) is 15.5. The quantitative estimate of drug-likeness (QED) is 0.723. The number of ether oxygens (including phenoxy) is 1. The Morgan fingerprint density at radius 1 is 1.20 bits per heavy atom. The lowest BCUT2D eigenvalue weighted by Crippen LogP contribution is -2.20. The van der Waals surface area contributed by atoms with E-state index in [1.165, 1.54) is 17.4 Å². The minimum atomic E-state index is -0.363. The molecule has 1 atom stereocenters. The van der Waals surface area contributed by atoms with Gasteiger partial charge < -0.3 is 14.9 Å². The molecule has 0 radical (unpaired) electrons. The highest BCUT2D eigenvalue weighted by atomic mass is 32.1. The van der Waals surface area contributed by atoms with Crippen molar-refractivity contribution in [3.8, 4) is 11.8 Å². The zero-order valence-corrected chi connectivity index (χ0v) is 14.4. The predicted octanol–water partition coefficient (Wildman–Crippen LogP) is 3.69. The summed E-state index contributed by atoms with van der Waals surface area (Å²) in [5.41, 5.74) is 7.00. The van der Waals surface area contributed by atoms with E-state index in [-0.39, 0.29) is 17.2 Å². The van der Waals surface area contributed by atoms with Gasteiger partial charge >= 0.3 is 0 Å². The molecule has 0 bridgehead atoms. The van der Waals surface area contributed by atoms with Crippen molar-refractivity contribution >= 4 is 22.1 Å². The minimum Gasteiger partial charge on any atom is -0.465 e. The number of hydrogen-bond donors (Lipinski definition) is 1. The van der Waals surface area contributed by atoms with Crippen molar-refractivity contribution in [3.05, 3.63) is 73.3 Å². The molecule has 1 aromatic carbocycles. The second-order valence-electron chi connectivity index (χ2n) is 5.89. The zero-order chi connectivity index (χ0) is 17.7. The normalized spacial score (nSPS) is 16.4. The highest BCUT2D eigenvalue weighted by Gasteiger charge is 2.33. The van der Waals surface area contributed by atoms with Crippen LogP contribution in [0.15, 0.2) is 50.3 Å². The molecular weight excluding hydrogens is 336 g/mol. The molecule has 3 aromatic rings. The lowest BCUT2D eigenvalue weighted by molar-refractivity contribution is 0.398. The van der Waals surface area contributed by atoms with Crippen LogP contribution in [0.5, 0.6) is 5.75 Å². The average molecular weight is 350 g/mol. The van der Waals surface area contributed by atoms with Crippen molar-refractivity contribution < 1.29 is 9.15 Å². The van der Waals surface area contributed by atoms with Crippen LogP contribution in [-0.4, -0.2) is 0 Å². The largest absolute Gasteiger partial charge is 0.465 e. The standard InChI is InChI=1S/C19H14N2O3S/c1-9-15-13(22)6-5-11-17(14-4-3-7-25-14)12(8-20)19(21)24-18(11)16(15)10(2)23-9/h3-7,17H,21H2,1-2H3/t17-/m0/s1. The van der Waals surface area contributed by atoms with Gasteiger partial charge in [0.05, 0.1) is 16.7 Å². The molecule has 124 valence electrons. The molecule has 6 heteroatoms. The van der Waals surface area contributed by atoms with Crippen molar-refractivity contribution in [3.63, 3.8) is 0 Å². The Hall–Kier alpha value is -3.04. The summed E-state index contributed by atoms with van der Waals surface area (Å²) in [5.74, 6) is 1.32. The average Bonchev–Trinajstić information content (AvgIpc) is 3.16. The molecule has 0 amide bonds. The Bertz CT molecular complexity index is 1130. The maximum absolute atomic E-state index is 12.6. The lowest BCUT2D eigenvalue weighted by Gasteiger charge is -2.24. The lowest BCUT2D eigenvalue weighted by atomic mass is 9.88. The molecule has 0 aliphatic carbocycles. The maximum Gasteiger partial charge on any atom is 0.205 e. The molecule has 3 heterocycles. The number of nitrogens with two attached hydrogens (primary N) is 1. The summed E-state index contributed by atoms with van der Waals surface area (Å²) >= 11 is 1.53. The molecule has 2 aromatic heterocycles. The van der Waals surface area contributed by atoms with Crippen LogP contribution in [0.25, 0.3) is 10.8 Å². The van der Waals surface area contributed by atoms with E-state index >= 15 is 0 Å². The van der Waals surface area contributed by atoms with E-state index < -0.39 is 0 Å². The Morgan fingerprint density at radius 3 is 2.64 bits per heavy atom. The number of hydrogen-bond acceptors (Lipinski definition) is 6. The molecular formula is C19H14N2O3S. The van der Waals surface area contributed by atoms with Gasteiger partial charge in [-0.25, -0.2) is 0 Å².